The molecule has 0 saturated heterocycles. The van der Waals surface area contributed by atoms with Gasteiger partial charge in [0.05, 0.1) is 4.90 Å². The van der Waals surface area contributed by atoms with Crippen LogP contribution in [0.4, 0.5) is 0 Å². The van der Waals surface area contributed by atoms with Crippen molar-refractivity contribution in [1.82, 2.24) is 0 Å². The molecule has 0 heterocycles. The molecular formula is C12H15NO2S. The Morgan fingerprint density at radius 3 is 2.69 bits per heavy atom. The van der Waals surface area contributed by atoms with E-state index in [9.17, 15) is 8.42 Å². The van der Waals surface area contributed by atoms with Crippen molar-refractivity contribution in [2.75, 3.05) is 6.26 Å². The molecule has 0 aromatic heterocycles. The molecule has 2 N–H and O–H groups in total. The maximum Gasteiger partial charge on any atom is 0.175 e. The Bertz CT molecular complexity index is 564. The van der Waals surface area contributed by atoms with Crippen molar-refractivity contribution < 1.29 is 8.42 Å². The van der Waals surface area contributed by atoms with Crippen LogP contribution in [-0.4, -0.2) is 20.7 Å². The molecule has 1 fully saturated rings. The standard InChI is InChI=1S/C12H15NO2S/c1-16(14,15)9-3-2-8-4-5-12(7-11(12)13)10(8)6-9/h2-3,6,11H,4-5,7,13H2,1H3. The van der Waals surface area contributed by atoms with Crippen molar-refractivity contribution in [2.45, 2.75) is 35.6 Å². The van der Waals surface area contributed by atoms with Crippen LogP contribution in [-0.2, 0) is 21.7 Å². The zero-order valence-electron chi connectivity index (χ0n) is 9.23. The number of fused-ring (bicyclic) bond motifs is 2. The molecule has 0 radical (unpaired) electrons. The van der Waals surface area contributed by atoms with Gasteiger partial charge in [-0.1, -0.05) is 6.07 Å². The summed E-state index contributed by atoms with van der Waals surface area (Å²) in [4.78, 5) is 0.423. The van der Waals surface area contributed by atoms with Gasteiger partial charge in [-0.3, -0.25) is 0 Å². The third-order valence-electron chi connectivity index (χ3n) is 4.02. The third kappa shape index (κ3) is 1.26. The van der Waals surface area contributed by atoms with Gasteiger partial charge in [-0.05, 0) is 42.5 Å². The van der Waals surface area contributed by atoms with Crippen LogP contribution in [0, 0.1) is 0 Å². The zero-order chi connectivity index (χ0) is 11.6. The van der Waals surface area contributed by atoms with Gasteiger partial charge in [0.1, 0.15) is 0 Å². The molecule has 1 spiro atoms. The molecule has 3 nitrogen and oxygen atoms in total. The summed E-state index contributed by atoms with van der Waals surface area (Å²) < 4.78 is 23.0. The molecule has 1 aromatic rings. The van der Waals surface area contributed by atoms with Crippen LogP contribution in [0.3, 0.4) is 0 Å². The number of benzene rings is 1. The molecule has 4 heteroatoms. The number of rotatable bonds is 1. The summed E-state index contributed by atoms with van der Waals surface area (Å²) in [7, 11) is -3.11. The lowest BCUT2D eigenvalue weighted by Crippen LogP contribution is -2.15. The lowest BCUT2D eigenvalue weighted by atomic mass is 9.98. The number of hydrogen-bond donors (Lipinski definition) is 1. The van der Waals surface area contributed by atoms with Gasteiger partial charge in [-0.15, -0.1) is 0 Å². The average molecular weight is 237 g/mol. The van der Waals surface area contributed by atoms with E-state index in [0.29, 0.717) is 4.90 Å². The lowest BCUT2D eigenvalue weighted by Gasteiger charge is -2.10. The molecule has 2 aliphatic carbocycles. The molecule has 2 aliphatic rings. The smallest absolute Gasteiger partial charge is 0.175 e. The molecule has 2 atom stereocenters. The summed E-state index contributed by atoms with van der Waals surface area (Å²) in [5.74, 6) is 0. The minimum absolute atomic E-state index is 0.107. The Kier molecular flexibility index (Phi) is 1.85. The number of hydrogen-bond acceptors (Lipinski definition) is 3. The van der Waals surface area contributed by atoms with Crippen LogP contribution in [0.15, 0.2) is 23.1 Å². The number of aryl methyl sites for hydroxylation is 1. The molecule has 16 heavy (non-hydrogen) atoms. The first-order valence-electron chi connectivity index (χ1n) is 5.52. The highest BCUT2D eigenvalue weighted by atomic mass is 32.2. The van der Waals surface area contributed by atoms with Gasteiger partial charge in [0, 0.05) is 17.7 Å². The van der Waals surface area contributed by atoms with E-state index in [1.807, 2.05) is 12.1 Å². The number of nitrogens with two attached hydrogens (primary N) is 1. The topological polar surface area (TPSA) is 60.2 Å². The van der Waals surface area contributed by atoms with Crippen LogP contribution >= 0.6 is 0 Å². The Morgan fingerprint density at radius 2 is 2.12 bits per heavy atom. The Balaban J connectivity index is 2.16. The average Bonchev–Trinajstić information content (AvgIpc) is 2.69. The highest BCUT2D eigenvalue weighted by Crippen LogP contribution is 2.55. The maximum atomic E-state index is 11.5. The first kappa shape index (κ1) is 10.3. The second-order valence-electron chi connectivity index (χ2n) is 5.06. The molecule has 3 rings (SSSR count). The van der Waals surface area contributed by atoms with Crippen molar-refractivity contribution in [3.63, 3.8) is 0 Å². The van der Waals surface area contributed by atoms with Crippen LogP contribution in [0.5, 0.6) is 0 Å². The van der Waals surface area contributed by atoms with Crippen molar-refractivity contribution in [3.05, 3.63) is 29.3 Å². The number of sulfone groups is 1. The second kappa shape index (κ2) is 2.87. The van der Waals surface area contributed by atoms with Gasteiger partial charge < -0.3 is 5.73 Å². The monoisotopic (exact) mass is 237 g/mol. The minimum Gasteiger partial charge on any atom is -0.327 e. The fraction of sp³-hybridized carbons (Fsp3) is 0.500. The van der Waals surface area contributed by atoms with Crippen LogP contribution in [0.25, 0.3) is 0 Å². The molecule has 0 bridgehead atoms. The summed E-state index contributed by atoms with van der Waals surface area (Å²) in [5, 5.41) is 0. The highest BCUT2D eigenvalue weighted by molar-refractivity contribution is 7.90. The van der Waals surface area contributed by atoms with E-state index in [-0.39, 0.29) is 11.5 Å². The molecule has 0 amide bonds. The summed E-state index contributed by atoms with van der Waals surface area (Å²) in [6.45, 7) is 0. The third-order valence-corrected chi connectivity index (χ3v) is 5.13. The van der Waals surface area contributed by atoms with Gasteiger partial charge in [-0.25, -0.2) is 8.42 Å². The van der Waals surface area contributed by atoms with E-state index in [1.54, 1.807) is 6.07 Å². The van der Waals surface area contributed by atoms with Crippen molar-refractivity contribution in [1.29, 1.82) is 0 Å². The van der Waals surface area contributed by atoms with Crippen LogP contribution < -0.4 is 5.73 Å². The molecule has 2 unspecified atom stereocenters. The van der Waals surface area contributed by atoms with E-state index >= 15 is 0 Å². The normalized spacial score (nSPS) is 31.8. The Hall–Kier alpha value is -0.870. The van der Waals surface area contributed by atoms with Crippen molar-refractivity contribution in [3.8, 4) is 0 Å². The quantitative estimate of drug-likeness (QED) is 0.793. The molecular weight excluding hydrogens is 222 g/mol. The predicted octanol–water partition coefficient (Wildman–Crippen LogP) is 1.01. The van der Waals surface area contributed by atoms with Gasteiger partial charge >= 0.3 is 0 Å². The van der Waals surface area contributed by atoms with E-state index in [4.69, 9.17) is 5.73 Å². The Labute approximate surface area is 95.6 Å². The van der Waals surface area contributed by atoms with Crippen LogP contribution in [0.2, 0.25) is 0 Å². The van der Waals surface area contributed by atoms with E-state index in [2.05, 4.69) is 0 Å². The SMILES string of the molecule is CS(=O)(=O)c1ccc2c(c1)C1(CC2)CC1N. The molecule has 1 saturated carbocycles. The summed E-state index contributed by atoms with van der Waals surface area (Å²) in [6, 6.07) is 5.72. The first-order valence-corrected chi connectivity index (χ1v) is 7.42. The Morgan fingerprint density at radius 1 is 1.44 bits per heavy atom. The van der Waals surface area contributed by atoms with Crippen molar-refractivity contribution >= 4 is 9.84 Å². The summed E-state index contributed by atoms with van der Waals surface area (Å²) in [6.07, 6.45) is 4.38. The molecule has 86 valence electrons. The molecule has 1 aromatic carbocycles. The maximum absolute atomic E-state index is 11.5. The van der Waals surface area contributed by atoms with Crippen molar-refractivity contribution in [2.24, 2.45) is 5.73 Å². The van der Waals surface area contributed by atoms with E-state index in [1.165, 1.54) is 17.4 Å². The van der Waals surface area contributed by atoms with Gasteiger partial charge in [-0.2, -0.15) is 0 Å². The van der Waals surface area contributed by atoms with Gasteiger partial charge in [0.25, 0.3) is 0 Å². The summed E-state index contributed by atoms with van der Waals surface area (Å²) in [5.41, 5.74) is 8.56. The predicted molar refractivity (Wildman–Crippen MR) is 62.1 cm³/mol. The zero-order valence-corrected chi connectivity index (χ0v) is 10.0. The van der Waals surface area contributed by atoms with E-state index < -0.39 is 9.84 Å². The fourth-order valence-electron chi connectivity index (χ4n) is 2.89. The van der Waals surface area contributed by atoms with Gasteiger partial charge in [0.2, 0.25) is 0 Å². The van der Waals surface area contributed by atoms with Crippen LogP contribution in [0.1, 0.15) is 24.0 Å². The van der Waals surface area contributed by atoms with Gasteiger partial charge in [0.15, 0.2) is 9.84 Å². The second-order valence-corrected chi connectivity index (χ2v) is 7.07. The largest absolute Gasteiger partial charge is 0.327 e. The fourth-order valence-corrected chi connectivity index (χ4v) is 3.54. The highest BCUT2D eigenvalue weighted by Gasteiger charge is 2.56. The minimum atomic E-state index is -3.11. The molecule has 0 aliphatic heterocycles. The van der Waals surface area contributed by atoms with E-state index in [0.717, 1.165) is 19.3 Å². The summed E-state index contributed by atoms with van der Waals surface area (Å²) >= 11 is 0. The lowest BCUT2D eigenvalue weighted by molar-refractivity contribution is 0.601. The first-order chi connectivity index (χ1) is 7.43.